The fourth-order valence-electron chi connectivity index (χ4n) is 2.43. The molecule has 0 aliphatic rings. The molecule has 0 bridgehead atoms. The van der Waals surface area contributed by atoms with Gasteiger partial charge in [0.25, 0.3) is 5.91 Å². The van der Waals surface area contributed by atoms with Gasteiger partial charge in [0.05, 0.1) is 17.2 Å². The van der Waals surface area contributed by atoms with Crippen molar-refractivity contribution < 1.29 is 9.53 Å². The van der Waals surface area contributed by atoms with E-state index in [0.717, 1.165) is 17.9 Å². The lowest BCUT2D eigenvalue weighted by Crippen LogP contribution is -2.27. The van der Waals surface area contributed by atoms with Crippen molar-refractivity contribution in [3.05, 3.63) is 58.1 Å². The summed E-state index contributed by atoms with van der Waals surface area (Å²) in [5, 5.41) is 12.0. The van der Waals surface area contributed by atoms with Crippen LogP contribution in [0.1, 0.15) is 66.9 Å². The number of aromatic amines is 1. The van der Waals surface area contributed by atoms with E-state index in [9.17, 15) is 4.79 Å². The van der Waals surface area contributed by atoms with Gasteiger partial charge in [-0.05, 0) is 31.5 Å². The van der Waals surface area contributed by atoms with Gasteiger partial charge in [0.15, 0.2) is 5.82 Å². The van der Waals surface area contributed by atoms with Gasteiger partial charge in [-0.3, -0.25) is 9.89 Å². The molecule has 1 aromatic carbocycles. The minimum Gasteiger partial charge on any atom is -0.487 e. The predicted molar refractivity (Wildman–Crippen MR) is 104 cm³/mol. The molecule has 0 saturated heterocycles. The molecule has 2 atom stereocenters. The summed E-state index contributed by atoms with van der Waals surface area (Å²) < 4.78 is 5.71. The Kier molecular flexibility index (Phi) is 6.18. The first-order valence-corrected chi connectivity index (χ1v) is 9.84. The highest BCUT2D eigenvalue weighted by atomic mass is 32.1. The van der Waals surface area contributed by atoms with E-state index in [4.69, 9.17) is 4.74 Å². The van der Waals surface area contributed by atoms with E-state index in [1.165, 1.54) is 11.3 Å². The van der Waals surface area contributed by atoms with Crippen LogP contribution >= 0.6 is 11.3 Å². The second-order valence-electron chi connectivity index (χ2n) is 6.38. The van der Waals surface area contributed by atoms with Gasteiger partial charge in [0.1, 0.15) is 18.2 Å². The van der Waals surface area contributed by atoms with E-state index in [2.05, 4.69) is 39.3 Å². The minimum absolute atomic E-state index is 0.192. The van der Waals surface area contributed by atoms with Crippen molar-refractivity contribution in [2.24, 2.45) is 0 Å². The molecule has 0 spiro atoms. The molecular formula is C19H23N5O2S. The molecule has 0 radical (unpaired) electrons. The predicted octanol–water partition coefficient (Wildman–Crippen LogP) is 3.84. The first-order chi connectivity index (χ1) is 13.1. The third-order valence-corrected chi connectivity index (χ3v) is 4.93. The fraction of sp³-hybridized carbons (Fsp3) is 0.368. The second-order valence-corrected chi connectivity index (χ2v) is 7.10. The number of hydrogen-bond donors (Lipinski definition) is 2. The van der Waals surface area contributed by atoms with E-state index in [1.807, 2.05) is 18.4 Å². The van der Waals surface area contributed by atoms with Gasteiger partial charge >= 0.3 is 0 Å². The Bertz CT molecular complexity index is 878. The van der Waals surface area contributed by atoms with E-state index >= 15 is 0 Å². The van der Waals surface area contributed by atoms with Crippen LogP contribution in [0, 0.1) is 0 Å². The van der Waals surface area contributed by atoms with E-state index in [0.29, 0.717) is 23.7 Å². The van der Waals surface area contributed by atoms with Crippen LogP contribution in [0.15, 0.2) is 35.2 Å². The zero-order chi connectivity index (χ0) is 19.2. The van der Waals surface area contributed by atoms with E-state index in [1.54, 1.807) is 23.7 Å². The zero-order valence-corrected chi connectivity index (χ0v) is 16.4. The lowest BCUT2D eigenvalue weighted by atomic mass is 10.1. The molecule has 27 heavy (non-hydrogen) atoms. The van der Waals surface area contributed by atoms with Crippen LogP contribution in [-0.2, 0) is 6.61 Å². The molecule has 0 aliphatic heterocycles. The van der Waals surface area contributed by atoms with Gasteiger partial charge in [-0.15, -0.1) is 11.3 Å². The Morgan fingerprint density at radius 3 is 2.96 bits per heavy atom. The molecule has 2 aromatic heterocycles. The number of nitrogens with zero attached hydrogens (tertiary/aromatic N) is 3. The lowest BCUT2D eigenvalue weighted by molar-refractivity contribution is 0.0938. The van der Waals surface area contributed by atoms with Crippen LogP contribution in [0.4, 0.5) is 0 Å². The summed E-state index contributed by atoms with van der Waals surface area (Å²) in [4.78, 5) is 21.2. The Balaban J connectivity index is 1.61. The number of hydrogen-bond acceptors (Lipinski definition) is 6. The van der Waals surface area contributed by atoms with Crippen molar-refractivity contribution in [3.63, 3.8) is 0 Å². The third kappa shape index (κ3) is 4.91. The number of H-pyrrole nitrogens is 1. The molecule has 2 heterocycles. The van der Waals surface area contributed by atoms with Crippen LogP contribution in [0.25, 0.3) is 0 Å². The second kappa shape index (κ2) is 8.77. The monoisotopic (exact) mass is 385 g/mol. The molecule has 0 aliphatic carbocycles. The molecule has 2 N–H and O–H groups in total. The molecule has 7 nitrogen and oxygen atoms in total. The van der Waals surface area contributed by atoms with Gasteiger partial charge in [-0.25, -0.2) is 9.97 Å². The first kappa shape index (κ1) is 19.0. The number of carbonyl (C=O) groups is 1. The van der Waals surface area contributed by atoms with Gasteiger partial charge in [-0.2, -0.15) is 5.10 Å². The molecule has 142 valence electrons. The molecule has 0 saturated carbocycles. The standard InChI is InChI=1S/C19H23N5O2S/c1-4-12(2)17-22-18(24-23-17)13(3)21-19(25)14-6-5-7-16(8-14)26-9-15-10-27-11-20-15/h5-8,10-13H,4,9H2,1-3H3,(H,21,25)(H,22,23,24)/t12-,13-/m0/s1. The van der Waals surface area contributed by atoms with Crippen molar-refractivity contribution in [2.75, 3.05) is 0 Å². The Hall–Kier alpha value is -2.74. The Morgan fingerprint density at radius 1 is 1.37 bits per heavy atom. The average Bonchev–Trinajstić information content (AvgIpc) is 3.38. The molecular weight excluding hydrogens is 362 g/mol. The minimum atomic E-state index is -0.276. The summed E-state index contributed by atoms with van der Waals surface area (Å²) in [5.74, 6) is 2.13. The highest BCUT2D eigenvalue weighted by Crippen LogP contribution is 2.18. The maximum atomic E-state index is 12.6. The molecule has 3 rings (SSSR count). The van der Waals surface area contributed by atoms with Gasteiger partial charge < -0.3 is 10.1 Å². The van der Waals surface area contributed by atoms with Gasteiger partial charge in [0.2, 0.25) is 0 Å². The van der Waals surface area contributed by atoms with Crippen molar-refractivity contribution in [2.45, 2.75) is 45.8 Å². The van der Waals surface area contributed by atoms with Crippen LogP contribution in [-0.4, -0.2) is 26.1 Å². The van der Waals surface area contributed by atoms with Crippen molar-refractivity contribution >= 4 is 17.2 Å². The Labute approximate surface area is 162 Å². The maximum absolute atomic E-state index is 12.6. The van der Waals surface area contributed by atoms with Crippen molar-refractivity contribution in [1.29, 1.82) is 0 Å². The van der Waals surface area contributed by atoms with Crippen LogP contribution in [0.5, 0.6) is 5.75 Å². The Morgan fingerprint density at radius 2 is 2.22 bits per heavy atom. The van der Waals surface area contributed by atoms with Crippen molar-refractivity contribution in [3.8, 4) is 5.75 Å². The summed E-state index contributed by atoms with van der Waals surface area (Å²) in [6.07, 6.45) is 0.964. The number of thiazole rings is 1. The molecule has 8 heteroatoms. The molecule has 0 unspecified atom stereocenters. The number of ether oxygens (including phenoxy) is 1. The summed E-state index contributed by atoms with van der Waals surface area (Å²) in [6, 6.07) is 6.82. The third-order valence-electron chi connectivity index (χ3n) is 4.30. The summed E-state index contributed by atoms with van der Waals surface area (Å²) in [6.45, 7) is 6.42. The summed E-state index contributed by atoms with van der Waals surface area (Å²) >= 11 is 1.52. The largest absolute Gasteiger partial charge is 0.487 e. The number of rotatable bonds is 8. The smallest absolute Gasteiger partial charge is 0.251 e. The lowest BCUT2D eigenvalue weighted by Gasteiger charge is -2.12. The van der Waals surface area contributed by atoms with Crippen molar-refractivity contribution in [1.82, 2.24) is 25.5 Å². The number of amides is 1. The topological polar surface area (TPSA) is 92.8 Å². The molecule has 0 fully saturated rings. The summed E-state index contributed by atoms with van der Waals surface area (Å²) in [7, 11) is 0. The number of aromatic nitrogens is 4. The number of benzene rings is 1. The van der Waals surface area contributed by atoms with Crippen LogP contribution in [0.2, 0.25) is 0 Å². The van der Waals surface area contributed by atoms with Gasteiger partial charge in [-0.1, -0.05) is 19.9 Å². The van der Waals surface area contributed by atoms with Crippen LogP contribution in [0.3, 0.4) is 0 Å². The summed E-state index contributed by atoms with van der Waals surface area (Å²) in [5.41, 5.74) is 3.16. The maximum Gasteiger partial charge on any atom is 0.251 e. The highest BCUT2D eigenvalue weighted by Gasteiger charge is 2.17. The van der Waals surface area contributed by atoms with E-state index in [-0.39, 0.29) is 17.9 Å². The first-order valence-electron chi connectivity index (χ1n) is 8.89. The van der Waals surface area contributed by atoms with Gasteiger partial charge in [0, 0.05) is 16.9 Å². The van der Waals surface area contributed by atoms with E-state index < -0.39 is 0 Å². The number of nitrogens with one attached hydrogen (secondary N) is 2. The van der Waals surface area contributed by atoms with Crippen LogP contribution < -0.4 is 10.1 Å². The zero-order valence-electron chi connectivity index (χ0n) is 15.6. The molecule has 1 amide bonds. The number of carbonyl (C=O) groups excluding carboxylic acids is 1. The quantitative estimate of drug-likeness (QED) is 0.614. The SMILES string of the molecule is CC[C@H](C)c1n[nH]c([C@H](C)NC(=O)c2cccc(OCc3cscn3)c2)n1. The average molecular weight is 385 g/mol. The fourth-order valence-corrected chi connectivity index (χ4v) is 2.97. The molecule has 3 aromatic rings. The normalized spacial score (nSPS) is 13.1. The highest BCUT2D eigenvalue weighted by molar-refractivity contribution is 7.07.